The minimum atomic E-state index is -3.92. The highest BCUT2D eigenvalue weighted by molar-refractivity contribution is 7.89. The minimum Gasteiger partial charge on any atom is -0.443 e. The van der Waals surface area contributed by atoms with Crippen molar-refractivity contribution in [2.45, 2.75) is 73.9 Å². The first-order valence-corrected chi connectivity index (χ1v) is 17.1. The lowest BCUT2D eigenvalue weighted by Gasteiger charge is -2.41. The van der Waals surface area contributed by atoms with Crippen molar-refractivity contribution in [2.75, 3.05) is 26.2 Å². The molecule has 0 bridgehead atoms. The first-order chi connectivity index (χ1) is 21.0. The number of carbonyl (C=O) groups excluding carboxylic acids is 1. The molecule has 2 heterocycles. The van der Waals surface area contributed by atoms with Gasteiger partial charge in [0, 0.05) is 56.5 Å². The van der Waals surface area contributed by atoms with E-state index in [9.17, 15) is 41.9 Å². The van der Waals surface area contributed by atoms with Gasteiger partial charge in [0.2, 0.25) is 20.0 Å². The molecule has 0 aromatic heterocycles. The summed E-state index contributed by atoms with van der Waals surface area (Å²) < 4.78 is 60.9. The topological polar surface area (TPSA) is 203 Å². The van der Waals surface area contributed by atoms with Crippen molar-refractivity contribution in [1.29, 1.82) is 0 Å². The van der Waals surface area contributed by atoms with Crippen LogP contribution in [0, 0.1) is 20.2 Å². The van der Waals surface area contributed by atoms with Crippen molar-refractivity contribution in [3.8, 4) is 0 Å². The normalized spacial score (nSPS) is 17.9. The van der Waals surface area contributed by atoms with Crippen LogP contribution >= 0.6 is 0 Å². The van der Waals surface area contributed by atoms with E-state index in [0.717, 1.165) is 24.3 Å². The van der Waals surface area contributed by atoms with Gasteiger partial charge < -0.3 is 4.74 Å². The van der Waals surface area contributed by atoms with E-state index in [0.29, 0.717) is 12.8 Å². The van der Waals surface area contributed by atoms with E-state index in [4.69, 9.17) is 4.74 Å². The quantitative estimate of drug-likeness (QED) is 0.303. The van der Waals surface area contributed by atoms with Crippen molar-refractivity contribution in [1.82, 2.24) is 19.0 Å². The first kappa shape index (κ1) is 34.2. The van der Waals surface area contributed by atoms with Crippen LogP contribution in [0.1, 0.15) is 46.5 Å². The molecule has 0 atom stereocenters. The van der Waals surface area contributed by atoms with Gasteiger partial charge in [0.1, 0.15) is 5.60 Å². The molecule has 4 rings (SSSR count). The van der Waals surface area contributed by atoms with Gasteiger partial charge in [-0.05, 0) is 70.7 Å². The molecule has 18 heteroatoms. The highest BCUT2D eigenvalue weighted by atomic mass is 32.2. The molecule has 0 saturated carbocycles. The number of hydrazine groups is 1. The van der Waals surface area contributed by atoms with Crippen molar-refractivity contribution in [2.24, 2.45) is 0 Å². The van der Waals surface area contributed by atoms with Gasteiger partial charge in [-0.3, -0.25) is 20.2 Å². The molecule has 0 spiro atoms. The first-order valence-electron chi connectivity index (χ1n) is 14.3. The number of non-ortho nitro benzene ring substituents is 2. The molecule has 246 valence electrons. The average Bonchev–Trinajstić information content (AvgIpc) is 2.99. The van der Waals surface area contributed by atoms with Gasteiger partial charge in [-0.15, -0.1) is 0 Å². The van der Waals surface area contributed by atoms with Crippen molar-refractivity contribution < 1.29 is 36.2 Å². The van der Waals surface area contributed by atoms with Crippen molar-refractivity contribution >= 4 is 37.5 Å². The van der Waals surface area contributed by atoms with E-state index < -0.39 is 47.6 Å². The molecule has 2 aromatic rings. The van der Waals surface area contributed by atoms with Gasteiger partial charge in [-0.25, -0.2) is 32.1 Å². The highest BCUT2D eigenvalue weighted by Crippen LogP contribution is 2.27. The van der Waals surface area contributed by atoms with Crippen LogP contribution in [0.5, 0.6) is 0 Å². The number of nitrogens with one attached hydrogen (secondary N) is 1. The smallest absolute Gasteiger partial charge is 0.425 e. The lowest BCUT2D eigenvalue weighted by Crippen LogP contribution is -2.59. The van der Waals surface area contributed by atoms with Crippen molar-refractivity contribution in [3.63, 3.8) is 0 Å². The summed E-state index contributed by atoms with van der Waals surface area (Å²) in [5.41, 5.74) is 1.97. The molecule has 2 aromatic carbocycles. The van der Waals surface area contributed by atoms with E-state index in [1.54, 1.807) is 20.8 Å². The van der Waals surface area contributed by atoms with Crippen LogP contribution in [0.25, 0.3) is 0 Å². The Bertz CT molecular complexity index is 1610. The lowest BCUT2D eigenvalue weighted by atomic mass is 10.1. The fraction of sp³-hybridized carbons (Fsp3) is 0.519. The van der Waals surface area contributed by atoms with E-state index in [-0.39, 0.29) is 66.2 Å². The molecule has 0 aliphatic carbocycles. The monoisotopic (exact) mass is 668 g/mol. The predicted octanol–water partition coefficient (Wildman–Crippen LogP) is 3.25. The highest BCUT2D eigenvalue weighted by Gasteiger charge is 2.38. The Labute approximate surface area is 261 Å². The Kier molecular flexibility index (Phi) is 10.1. The molecule has 1 N–H and O–H groups in total. The second-order valence-corrected chi connectivity index (χ2v) is 15.7. The van der Waals surface area contributed by atoms with Gasteiger partial charge in [0.25, 0.3) is 11.4 Å². The largest absolute Gasteiger partial charge is 0.443 e. The zero-order valence-corrected chi connectivity index (χ0v) is 26.7. The maximum absolute atomic E-state index is 13.3. The molecule has 2 aliphatic rings. The van der Waals surface area contributed by atoms with Gasteiger partial charge in [-0.1, -0.05) is 0 Å². The fourth-order valence-corrected chi connectivity index (χ4v) is 8.10. The number of ether oxygens (including phenoxy) is 1. The molecular formula is C27H36N6O10S2. The number of benzene rings is 2. The van der Waals surface area contributed by atoms with Crippen LogP contribution < -0.4 is 5.43 Å². The number of nitro groups is 2. The number of amides is 1. The van der Waals surface area contributed by atoms with E-state index in [1.807, 2.05) is 0 Å². The molecule has 0 radical (unpaired) electrons. The molecule has 16 nitrogen and oxygen atoms in total. The van der Waals surface area contributed by atoms with Crippen LogP contribution in [-0.2, 0) is 24.8 Å². The number of rotatable bonds is 9. The predicted molar refractivity (Wildman–Crippen MR) is 161 cm³/mol. The Morgan fingerprint density at radius 3 is 1.51 bits per heavy atom. The summed E-state index contributed by atoms with van der Waals surface area (Å²) in [4.78, 5) is 33.8. The van der Waals surface area contributed by atoms with Gasteiger partial charge in [0.15, 0.2) is 0 Å². The van der Waals surface area contributed by atoms with Crippen LogP contribution in [0.2, 0.25) is 0 Å². The summed E-state index contributed by atoms with van der Waals surface area (Å²) in [6.45, 7) is 5.65. The maximum Gasteiger partial charge on any atom is 0.425 e. The minimum absolute atomic E-state index is 0.0506. The molecule has 1 amide bonds. The van der Waals surface area contributed by atoms with Crippen LogP contribution in [0.3, 0.4) is 0 Å². The number of piperidine rings is 2. The zero-order valence-electron chi connectivity index (χ0n) is 25.1. The number of hydrogen-bond acceptors (Lipinski definition) is 11. The van der Waals surface area contributed by atoms with Crippen LogP contribution in [0.4, 0.5) is 16.2 Å². The average molecular weight is 669 g/mol. The summed E-state index contributed by atoms with van der Waals surface area (Å²) >= 11 is 0. The third-order valence-corrected chi connectivity index (χ3v) is 11.4. The Hall–Kier alpha value is -3.71. The zero-order chi connectivity index (χ0) is 33.2. The number of nitro benzene ring substituents is 2. The maximum atomic E-state index is 13.3. The van der Waals surface area contributed by atoms with Gasteiger partial charge >= 0.3 is 6.09 Å². The van der Waals surface area contributed by atoms with E-state index in [2.05, 4.69) is 5.43 Å². The summed E-state index contributed by atoms with van der Waals surface area (Å²) in [6, 6.07) is 8.64. The third-order valence-electron chi connectivity index (χ3n) is 7.53. The molecule has 2 saturated heterocycles. The molecule has 2 aliphatic heterocycles. The van der Waals surface area contributed by atoms with E-state index >= 15 is 0 Å². The second kappa shape index (κ2) is 13.3. The Morgan fingerprint density at radius 2 is 1.16 bits per heavy atom. The standard InChI is InChI=1S/C27H36N6O10S2/c1-27(2,3)43-26(34)31(21-14-18-30(19-15-21)45(41,42)25-10-6-23(7-11-25)33(37)38)28-20-12-16-29(17-13-20)44(39,40)24-8-4-22(5-9-24)32(35)36/h4-11,20-21,28H,12-19H2,1-3H3. The Balaban J connectivity index is 1.41. The summed E-state index contributed by atoms with van der Waals surface area (Å²) in [5, 5.41) is 23.3. The number of nitrogens with zero attached hydrogens (tertiary/aromatic N) is 5. The molecule has 2 fully saturated rings. The molecule has 0 unspecified atom stereocenters. The number of hydrogen-bond donors (Lipinski definition) is 1. The molecular weight excluding hydrogens is 632 g/mol. The lowest BCUT2D eigenvalue weighted by molar-refractivity contribution is -0.385. The number of carbonyl (C=O) groups is 1. The van der Waals surface area contributed by atoms with Gasteiger partial charge in [-0.2, -0.15) is 8.61 Å². The fourth-order valence-electron chi connectivity index (χ4n) is 5.16. The summed E-state index contributed by atoms with van der Waals surface area (Å²) in [6.07, 6.45) is 0.648. The second-order valence-electron chi connectivity index (χ2n) is 11.8. The van der Waals surface area contributed by atoms with Crippen LogP contribution in [-0.4, -0.2) is 90.3 Å². The van der Waals surface area contributed by atoms with Gasteiger partial charge in [0.05, 0.1) is 25.7 Å². The molecule has 45 heavy (non-hydrogen) atoms. The Morgan fingerprint density at radius 1 is 0.778 bits per heavy atom. The van der Waals surface area contributed by atoms with E-state index in [1.165, 1.54) is 37.9 Å². The SMILES string of the molecule is CC(C)(C)OC(=O)N(NC1CCN(S(=O)(=O)c2ccc([N+](=O)[O-])cc2)CC1)C1CCN(S(=O)(=O)c2ccc([N+](=O)[O-])cc2)CC1. The third kappa shape index (κ3) is 8.12. The summed E-state index contributed by atoms with van der Waals surface area (Å²) in [7, 11) is -7.80. The van der Waals surface area contributed by atoms with Crippen molar-refractivity contribution in [3.05, 3.63) is 68.8 Å². The number of sulfonamides is 2. The van der Waals surface area contributed by atoms with Crippen LogP contribution in [0.15, 0.2) is 58.3 Å². The summed E-state index contributed by atoms with van der Waals surface area (Å²) in [5.74, 6) is 0.